The first-order valence-electron chi connectivity index (χ1n) is 9.07. The molecule has 1 amide bonds. The molecule has 0 radical (unpaired) electrons. The molecule has 2 N–H and O–H groups in total. The monoisotopic (exact) mass is 405 g/mol. The lowest BCUT2D eigenvalue weighted by Gasteiger charge is -2.18. The van der Waals surface area contributed by atoms with E-state index in [-0.39, 0.29) is 30.2 Å². The quantitative estimate of drug-likeness (QED) is 0.401. The highest BCUT2D eigenvalue weighted by Gasteiger charge is 2.29. The second kappa shape index (κ2) is 8.87. The fraction of sp³-hybridized carbons (Fsp3) is 0.300. The summed E-state index contributed by atoms with van der Waals surface area (Å²) >= 11 is 0. The number of nitrogens with zero attached hydrogens (tertiary/aromatic N) is 1. The molecule has 1 aliphatic heterocycles. The molecular formula is C20H21F2N3O4. The summed E-state index contributed by atoms with van der Waals surface area (Å²) in [4.78, 5) is 30.2. The van der Waals surface area contributed by atoms with Crippen LogP contribution >= 0.6 is 0 Å². The normalized spacial score (nSPS) is 12.4. The minimum atomic E-state index is -1.16. The molecular weight excluding hydrogens is 384 g/mol. The fourth-order valence-corrected chi connectivity index (χ4v) is 3.20. The molecule has 3 rings (SSSR count). The number of nitrogens with one attached hydrogen (secondary N) is 2. The van der Waals surface area contributed by atoms with Gasteiger partial charge in [0.2, 0.25) is 5.82 Å². The number of halogens is 2. The zero-order chi connectivity index (χ0) is 21.0. The molecule has 154 valence electrons. The third-order valence-corrected chi connectivity index (χ3v) is 4.51. The summed E-state index contributed by atoms with van der Waals surface area (Å²) in [6, 6.07) is 4.31. The van der Waals surface area contributed by atoms with E-state index in [4.69, 9.17) is 9.57 Å². The van der Waals surface area contributed by atoms with Crippen molar-refractivity contribution in [3.8, 4) is 0 Å². The van der Waals surface area contributed by atoms with Gasteiger partial charge in [-0.05, 0) is 37.5 Å². The lowest BCUT2D eigenvalue weighted by Crippen LogP contribution is -2.32. The number of rotatable bonds is 8. The highest BCUT2D eigenvalue weighted by Crippen LogP contribution is 2.30. The third kappa shape index (κ3) is 4.29. The van der Waals surface area contributed by atoms with Crippen molar-refractivity contribution in [1.29, 1.82) is 0 Å². The van der Waals surface area contributed by atoms with E-state index in [1.807, 2.05) is 0 Å². The van der Waals surface area contributed by atoms with Crippen molar-refractivity contribution in [2.45, 2.75) is 26.3 Å². The van der Waals surface area contributed by atoms with E-state index in [1.165, 1.54) is 23.0 Å². The van der Waals surface area contributed by atoms with Crippen LogP contribution in [0.15, 0.2) is 35.8 Å². The number of hydrogen-bond donors (Lipinski definition) is 2. The Bertz CT molecular complexity index is 1000. The number of aromatic nitrogens is 1. The Morgan fingerprint density at radius 2 is 2.14 bits per heavy atom. The number of anilines is 2. The summed E-state index contributed by atoms with van der Waals surface area (Å²) in [5, 5.41) is 2.58. The van der Waals surface area contributed by atoms with Crippen LogP contribution in [0.5, 0.6) is 0 Å². The predicted molar refractivity (Wildman–Crippen MR) is 103 cm³/mol. The number of carbonyl (C=O) groups is 1. The van der Waals surface area contributed by atoms with Crippen molar-refractivity contribution in [2.24, 2.45) is 0 Å². The number of fused-ring (bicyclic) bond motifs is 1. The number of pyridine rings is 1. The summed E-state index contributed by atoms with van der Waals surface area (Å²) in [7, 11) is 0. The van der Waals surface area contributed by atoms with Crippen LogP contribution in [0, 0.1) is 18.6 Å². The van der Waals surface area contributed by atoms with Crippen LogP contribution in [0.2, 0.25) is 0 Å². The third-order valence-electron chi connectivity index (χ3n) is 4.51. The van der Waals surface area contributed by atoms with Crippen molar-refractivity contribution < 1.29 is 23.1 Å². The molecule has 0 saturated carbocycles. The Morgan fingerprint density at radius 3 is 2.86 bits per heavy atom. The van der Waals surface area contributed by atoms with Crippen molar-refractivity contribution >= 4 is 17.3 Å². The van der Waals surface area contributed by atoms with E-state index >= 15 is 0 Å². The molecule has 0 aliphatic carbocycles. The van der Waals surface area contributed by atoms with Crippen LogP contribution in [0.1, 0.15) is 28.0 Å². The average Bonchev–Trinajstić information content (AvgIpc) is 3.17. The summed E-state index contributed by atoms with van der Waals surface area (Å²) in [6.07, 6.45) is 2.23. The minimum Gasteiger partial charge on any atom is -0.499 e. The van der Waals surface area contributed by atoms with Gasteiger partial charge < -0.3 is 14.6 Å². The number of hydroxylamine groups is 1. The van der Waals surface area contributed by atoms with Crippen LogP contribution in [0.4, 0.5) is 20.2 Å². The van der Waals surface area contributed by atoms with Crippen LogP contribution in [0.3, 0.4) is 0 Å². The molecule has 0 spiro atoms. The zero-order valence-corrected chi connectivity index (χ0v) is 15.9. The van der Waals surface area contributed by atoms with E-state index in [0.717, 1.165) is 0 Å². The van der Waals surface area contributed by atoms with E-state index in [0.29, 0.717) is 30.6 Å². The highest BCUT2D eigenvalue weighted by atomic mass is 19.1. The maximum absolute atomic E-state index is 14.9. The van der Waals surface area contributed by atoms with Gasteiger partial charge in [-0.3, -0.25) is 14.4 Å². The maximum atomic E-state index is 14.9. The van der Waals surface area contributed by atoms with E-state index in [2.05, 4.69) is 17.4 Å². The molecule has 0 saturated heterocycles. The largest absolute Gasteiger partial charge is 0.499 e. The lowest BCUT2D eigenvalue weighted by atomic mass is 10.1. The summed E-state index contributed by atoms with van der Waals surface area (Å²) in [5.74, 6) is -2.53. The average molecular weight is 405 g/mol. The predicted octanol–water partition coefficient (Wildman–Crippen LogP) is 2.95. The molecule has 7 nitrogen and oxygen atoms in total. The number of benzene rings is 1. The Hall–Kier alpha value is -3.20. The van der Waals surface area contributed by atoms with E-state index < -0.39 is 23.1 Å². The summed E-state index contributed by atoms with van der Waals surface area (Å²) in [5.41, 5.74) is 1.88. The molecule has 9 heteroatoms. The zero-order valence-electron chi connectivity index (χ0n) is 15.9. The van der Waals surface area contributed by atoms with Crippen molar-refractivity contribution in [2.75, 3.05) is 18.5 Å². The summed E-state index contributed by atoms with van der Waals surface area (Å²) < 4.78 is 35.3. The maximum Gasteiger partial charge on any atom is 0.289 e. The Morgan fingerprint density at radius 1 is 1.34 bits per heavy atom. The first kappa shape index (κ1) is 20.5. The molecule has 2 aromatic rings. The Labute approximate surface area is 165 Å². The number of hydrogen-bond acceptors (Lipinski definition) is 5. The summed E-state index contributed by atoms with van der Waals surface area (Å²) in [6.45, 7) is 5.59. The number of ether oxygens (including phenoxy) is 1. The second-order valence-corrected chi connectivity index (χ2v) is 6.50. The molecule has 0 unspecified atom stereocenters. The SMILES string of the molecule is C=COCCONC(=O)c1c(Nc2ccc(C)cc2F)c(F)c(=O)n2c1CCC2. The van der Waals surface area contributed by atoms with Gasteiger partial charge in [0.1, 0.15) is 19.0 Å². The Kier molecular flexibility index (Phi) is 6.28. The van der Waals surface area contributed by atoms with Crippen molar-refractivity contribution in [3.05, 3.63) is 69.8 Å². The van der Waals surface area contributed by atoms with Gasteiger partial charge in [0.25, 0.3) is 11.5 Å². The van der Waals surface area contributed by atoms with E-state index in [9.17, 15) is 18.4 Å². The van der Waals surface area contributed by atoms with Gasteiger partial charge in [0.15, 0.2) is 0 Å². The highest BCUT2D eigenvalue weighted by molar-refractivity contribution is 6.01. The van der Waals surface area contributed by atoms with Gasteiger partial charge in [-0.2, -0.15) is 4.39 Å². The van der Waals surface area contributed by atoms with Gasteiger partial charge >= 0.3 is 0 Å². The van der Waals surface area contributed by atoms with Crippen LogP contribution in [0.25, 0.3) is 0 Å². The standard InChI is InChI=1S/C20H21F2N3O4/c1-3-28-9-10-29-24-19(26)16-15-5-4-8-25(15)20(27)17(22)18(16)23-14-7-6-12(2)11-13(14)21/h3,6-7,11,23H,1,4-5,8-10H2,2H3,(H,24,26). The molecule has 29 heavy (non-hydrogen) atoms. The van der Waals surface area contributed by atoms with Crippen LogP contribution in [-0.2, 0) is 22.5 Å². The number of amides is 1. The molecule has 1 aromatic carbocycles. The van der Waals surface area contributed by atoms with Gasteiger partial charge in [0.05, 0.1) is 23.2 Å². The number of aryl methyl sites for hydroxylation is 1. The van der Waals surface area contributed by atoms with Crippen molar-refractivity contribution in [1.82, 2.24) is 10.0 Å². The van der Waals surface area contributed by atoms with Crippen LogP contribution < -0.4 is 16.4 Å². The first-order valence-corrected chi connectivity index (χ1v) is 9.07. The van der Waals surface area contributed by atoms with Gasteiger partial charge in [-0.25, -0.2) is 9.87 Å². The van der Waals surface area contributed by atoms with Gasteiger partial charge in [-0.1, -0.05) is 12.6 Å². The molecule has 1 aromatic heterocycles. The minimum absolute atomic E-state index is 0.0323. The smallest absolute Gasteiger partial charge is 0.289 e. The molecule has 0 bridgehead atoms. The fourth-order valence-electron chi connectivity index (χ4n) is 3.20. The van der Waals surface area contributed by atoms with E-state index in [1.54, 1.807) is 13.0 Å². The molecule has 0 atom stereocenters. The molecule has 1 aliphatic rings. The van der Waals surface area contributed by atoms with Gasteiger partial charge in [0, 0.05) is 12.2 Å². The Balaban J connectivity index is 1.98. The van der Waals surface area contributed by atoms with Crippen LogP contribution in [-0.4, -0.2) is 23.7 Å². The molecule has 0 fully saturated rings. The molecule has 2 heterocycles. The second-order valence-electron chi connectivity index (χ2n) is 6.50. The number of carbonyl (C=O) groups excluding carboxylic acids is 1. The lowest BCUT2D eigenvalue weighted by molar-refractivity contribution is 0.0144. The topological polar surface area (TPSA) is 81.6 Å². The first-order chi connectivity index (χ1) is 13.9. The van der Waals surface area contributed by atoms with Gasteiger partial charge in [-0.15, -0.1) is 0 Å². The van der Waals surface area contributed by atoms with Crippen molar-refractivity contribution in [3.63, 3.8) is 0 Å².